The van der Waals surface area contributed by atoms with Crippen molar-refractivity contribution in [3.05, 3.63) is 35.6 Å². The van der Waals surface area contributed by atoms with Crippen LogP contribution in [0.15, 0.2) is 30.7 Å². The highest BCUT2D eigenvalue weighted by molar-refractivity contribution is 5.64. The van der Waals surface area contributed by atoms with Crippen molar-refractivity contribution >= 4 is 11.2 Å². The molecule has 2 aromatic rings. The van der Waals surface area contributed by atoms with E-state index in [0.717, 1.165) is 4.43 Å². The quantitative estimate of drug-likeness (QED) is 0.552. The predicted octanol–water partition coefficient (Wildman–Crippen LogP) is 0.477. The molecule has 11 heavy (non-hydrogen) atoms. The van der Waals surface area contributed by atoms with Crippen LogP contribution in [0.4, 0.5) is 0 Å². The monoisotopic (exact) mass is 148 g/mol. The number of nitrogens with one attached hydrogen (secondary N) is 1. The molecular formula is C7H6N3O+. The normalized spacial score (nSPS) is 10.2. The van der Waals surface area contributed by atoms with E-state index in [0.29, 0.717) is 11.2 Å². The van der Waals surface area contributed by atoms with Gasteiger partial charge in [0.25, 0.3) is 0 Å². The number of aromatic amines is 1. The van der Waals surface area contributed by atoms with Gasteiger partial charge in [-0.25, -0.2) is 4.98 Å². The maximum absolute atomic E-state index is 11.0. The van der Waals surface area contributed by atoms with Crippen molar-refractivity contribution in [1.29, 1.82) is 0 Å². The minimum atomic E-state index is 0.551. The highest BCUT2D eigenvalue weighted by Crippen LogP contribution is 1.97. The molecule has 54 valence electrons. The molecule has 0 fully saturated rings. The maximum Gasteiger partial charge on any atom is 0.305 e. The van der Waals surface area contributed by atoms with Crippen LogP contribution in [0.2, 0.25) is 0 Å². The van der Waals surface area contributed by atoms with E-state index in [1.54, 1.807) is 24.5 Å². The second-order valence-corrected chi connectivity index (χ2v) is 2.16. The van der Waals surface area contributed by atoms with Crippen molar-refractivity contribution in [2.75, 3.05) is 0 Å². The minimum Gasteiger partial charge on any atom is -0.335 e. The molecule has 0 spiro atoms. The number of aromatic nitrogens is 3. The molecule has 1 N–H and O–H groups in total. The summed E-state index contributed by atoms with van der Waals surface area (Å²) in [6.45, 7) is 0. The minimum absolute atomic E-state index is 0.551. The van der Waals surface area contributed by atoms with Gasteiger partial charge < -0.3 is 4.98 Å². The van der Waals surface area contributed by atoms with Gasteiger partial charge in [0.05, 0.1) is 10.6 Å². The van der Waals surface area contributed by atoms with Crippen LogP contribution in [-0.2, 0) is 0 Å². The Morgan fingerprint density at radius 3 is 3.27 bits per heavy atom. The number of H-pyrrole nitrogens is 1. The summed E-state index contributed by atoms with van der Waals surface area (Å²) in [5.41, 5.74) is 1.15. The fraction of sp³-hybridized carbons (Fsp3) is 0. The smallest absolute Gasteiger partial charge is 0.305 e. The van der Waals surface area contributed by atoms with E-state index in [4.69, 9.17) is 0 Å². The van der Waals surface area contributed by atoms with Crippen molar-refractivity contribution in [3.8, 4) is 0 Å². The van der Waals surface area contributed by atoms with Gasteiger partial charge in [-0.05, 0) is 6.07 Å². The third-order valence-electron chi connectivity index (χ3n) is 1.45. The molecule has 0 atom stereocenters. The van der Waals surface area contributed by atoms with Gasteiger partial charge in [-0.2, -0.15) is 0 Å². The van der Waals surface area contributed by atoms with Crippen LogP contribution >= 0.6 is 0 Å². The molecule has 0 saturated carbocycles. The zero-order valence-corrected chi connectivity index (χ0v) is 5.69. The molecule has 2 heterocycles. The summed E-state index contributed by atoms with van der Waals surface area (Å²) < 4.78 is 0.777. The van der Waals surface area contributed by atoms with E-state index in [-0.39, 0.29) is 0 Å². The Labute approximate surface area is 62.1 Å². The Morgan fingerprint density at radius 2 is 2.45 bits per heavy atom. The molecule has 0 aromatic carbocycles. The molecule has 4 nitrogen and oxygen atoms in total. The summed E-state index contributed by atoms with van der Waals surface area (Å²) in [6, 6.07) is 3.44. The highest BCUT2D eigenvalue weighted by Gasteiger charge is 2.03. The summed E-state index contributed by atoms with van der Waals surface area (Å²) in [7, 11) is 0. The van der Waals surface area contributed by atoms with E-state index >= 15 is 0 Å². The average molecular weight is 148 g/mol. The number of rotatable bonds is 0. The van der Waals surface area contributed by atoms with Crippen molar-refractivity contribution in [1.82, 2.24) is 9.97 Å². The van der Waals surface area contributed by atoms with Crippen molar-refractivity contribution in [3.63, 3.8) is 0 Å². The van der Waals surface area contributed by atoms with Crippen LogP contribution in [-0.4, -0.2) is 9.97 Å². The Bertz CT molecular complexity index is 429. The number of nitrogens with zero attached hydrogens (tertiary/aromatic N) is 2. The Kier molecular flexibility index (Phi) is 1.18. The lowest BCUT2D eigenvalue weighted by molar-refractivity contribution is -0.464. The van der Waals surface area contributed by atoms with Crippen LogP contribution < -0.4 is 4.43 Å². The first-order valence-corrected chi connectivity index (χ1v) is 3.22. The molecule has 0 aliphatic carbocycles. The molecule has 4 heteroatoms. The van der Waals surface area contributed by atoms with Crippen LogP contribution in [0, 0.1) is 4.91 Å². The topological polar surface area (TPSA) is 51.7 Å². The van der Waals surface area contributed by atoms with Gasteiger partial charge in [0, 0.05) is 17.2 Å². The predicted molar refractivity (Wildman–Crippen MR) is 39.5 cm³/mol. The number of hydrogen-bond donors (Lipinski definition) is 1. The SMILES string of the molecule is O=[n+]1cc[nH]c2ncccc21. The van der Waals surface area contributed by atoms with Gasteiger partial charge in [-0.15, -0.1) is 0 Å². The van der Waals surface area contributed by atoms with Crippen LogP contribution in [0.5, 0.6) is 0 Å². The van der Waals surface area contributed by atoms with Gasteiger partial charge in [-0.3, -0.25) is 0 Å². The fourth-order valence-corrected chi connectivity index (χ4v) is 0.950. The van der Waals surface area contributed by atoms with E-state index in [1.807, 2.05) is 0 Å². The summed E-state index contributed by atoms with van der Waals surface area (Å²) in [4.78, 5) is 17.9. The largest absolute Gasteiger partial charge is 0.335 e. The first-order valence-electron chi connectivity index (χ1n) is 3.22. The lowest BCUT2D eigenvalue weighted by Gasteiger charge is -1.84. The molecule has 0 saturated heterocycles. The zero-order valence-electron chi connectivity index (χ0n) is 5.69. The maximum atomic E-state index is 11.0. The van der Waals surface area contributed by atoms with Gasteiger partial charge in [0.15, 0.2) is 0 Å². The highest BCUT2D eigenvalue weighted by atomic mass is 16.3. The Balaban J connectivity index is 3.03. The molecule has 0 amide bonds. The third kappa shape index (κ3) is 0.881. The molecule has 2 rings (SSSR count). The van der Waals surface area contributed by atoms with E-state index in [1.165, 1.54) is 6.20 Å². The van der Waals surface area contributed by atoms with Crippen LogP contribution in [0.3, 0.4) is 0 Å². The third-order valence-corrected chi connectivity index (χ3v) is 1.45. The van der Waals surface area contributed by atoms with Crippen molar-refractivity contribution in [2.45, 2.75) is 0 Å². The van der Waals surface area contributed by atoms with E-state index in [9.17, 15) is 4.91 Å². The average Bonchev–Trinajstić information content (AvgIpc) is 2.06. The first-order chi connectivity index (χ1) is 5.38. The summed E-state index contributed by atoms with van der Waals surface area (Å²) in [5, 5.41) is 0. The zero-order chi connectivity index (χ0) is 7.68. The molecular weight excluding hydrogens is 142 g/mol. The van der Waals surface area contributed by atoms with Gasteiger partial charge >= 0.3 is 5.52 Å². The molecule has 0 aliphatic heterocycles. The number of hydrogen-bond acceptors (Lipinski definition) is 2. The molecule has 0 unspecified atom stereocenters. The van der Waals surface area contributed by atoms with E-state index in [2.05, 4.69) is 9.97 Å². The van der Waals surface area contributed by atoms with Gasteiger partial charge in [0.1, 0.15) is 0 Å². The second kappa shape index (κ2) is 2.16. The van der Waals surface area contributed by atoms with Gasteiger partial charge in [-0.1, -0.05) is 0 Å². The van der Waals surface area contributed by atoms with Crippen molar-refractivity contribution < 1.29 is 4.43 Å². The Morgan fingerprint density at radius 1 is 1.55 bits per heavy atom. The summed E-state index contributed by atoms with van der Waals surface area (Å²) in [5.74, 6) is 0. The number of fused-ring (bicyclic) bond motifs is 1. The second-order valence-electron chi connectivity index (χ2n) is 2.16. The molecule has 0 bridgehead atoms. The molecule has 0 radical (unpaired) electrons. The lowest BCUT2D eigenvalue weighted by atomic mass is 10.4. The van der Waals surface area contributed by atoms with Crippen molar-refractivity contribution in [2.24, 2.45) is 0 Å². The number of pyridine rings is 1. The molecule has 0 aliphatic rings. The van der Waals surface area contributed by atoms with Crippen LogP contribution in [0.25, 0.3) is 11.2 Å². The van der Waals surface area contributed by atoms with Gasteiger partial charge in [0.2, 0.25) is 11.8 Å². The summed E-state index contributed by atoms with van der Waals surface area (Å²) >= 11 is 0. The lowest BCUT2D eigenvalue weighted by Crippen LogP contribution is -2.14. The standard InChI is InChI=1S/C7H6N3O/c11-10-5-4-9-7-6(10)2-1-3-8-7/h1-5H,(H,8,9,11)/q+1. The summed E-state index contributed by atoms with van der Waals surface area (Å²) in [6.07, 6.45) is 4.60. The van der Waals surface area contributed by atoms with E-state index < -0.39 is 0 Å². The fourth-order valence-electron chi connectivity index (χ4n) is 0.950. The van der Waals surface area contributed by atoms with Crippen LogP contribution in [0.1, 0.15) is 0 Å². The molecule has 2 aromatic heterocycles. The Hall–Kier alpha value is -1.71. The first kappa shape index (κ1) is 6.03.